The van der Waals surface area contributed by atoms with E-state index in [1.165, 1.54) is 25.3 Å². The van der Waals surface area contributed by atoms with Gasteiger partial charge in [-0.25, -0.2) is 4.98 Å². The van der Waals surface area contributed by atoms with Crippen LogP contribution < -0.4 is 10.9 Å². The first-order valence-electron chi connectivity index (χ1n) is 6.17. The minimum atomic E-state index is -0.100. The predicted octanol–water partition coefficient (Wildman–Crippen LogP) is 0.975. The largest absolute Gasteiger partial charge is 0.368 e. The van der Waals surface area contributed by atoms with Crippen LogP contribution in [-0.4, -0.2) is 41.0 Å². The average molecular weight is 236 g/mol. The molecule has 2 rings (SSSR count). The van der Waals surface area contributed by atoms with E-state index in [9.17, 15) is 4.79 Å². The summed E-state index contributed by atoms with van der Waals surface area (Å²) in [5.41, 5.74) is -0.100. The van der Waals surface area contributed by atoms with Crippen molar-refractivity contribution >= 4 is 5.82 Å². The summed E-state index contributed by atoms with van der Waals surface area (Å²) in [6, 6.07) is 2.06. The van der Waals surface area contributed by atoms with Crippen LogP contribution in [0.15, 0.2) is 10.9 Å². The first-order valence-corrected chi connectivity index (χ1v) is 6.17. The fraction of sp³-hybridized carbons (Fsp3) is 0.667. The molecule has 0 spiro atoms. The van der Waals surface area contributed by atoms with Crippen molar-refractivity contribution in [1.82, 2.24) is 14.9 Å². The Hall–Kier alpha value is -1.36. The number of hydrogen-bond donors (Lipinski definition) is 2. The molecule has 0 bridgehead atoms. The predicted molar refractivity (Wildman–Crippen MR) is 68.4 cm³/mol. The number of aryl methyl sites for hydroxylation is 1. The van der Waals surface area contributed by atoms with Crippen LogP contribution in [-0.2, 0) is 0 Å². The summed E-state index contributed by atoms with van der Waals surface area (Å²) in [6.45, 7) is 3.81. The van der Waals surface area contributed by atoms with Gasteiger partial charge in [-0.15, -0.1) is 0 Å². The van der Waals surface area contributed by atoms with Crippen LogP contribution in [0, 0.1) is 6.92 Å². The topological polar surface area (TPSA) is 61.0 Å². The number of H-pyrrole nitrogens is 1. The highest BCUT2D eigenvalue weighted by Gasteiger charge is 2.18. The smallest absolute Gasteiger partial charge is 0.252 e. The molecule has 2 N–H and O–H groups in total. The van der Waals surface area contributed by atoms with E-state index in [1.54, 1.807) is 6.92 Å². The monoisotopic (exact) mass is 236 g/mol. The van der Waals surface area contributed by atoms with Crippen molar-refractivity contribution in [3.05, 3.63) is 22.2 Å². The molecule has 1 aliphatic rings. The molecule has 0 radical (unpaired) electrons. The van der Waals surface area contributed by atoms with Gasteiger partial charge in [0.05, 0.1) is 0 Å². The van der Waals surface area contributed by atoms with Crippen LogP contribution in [0.25, 0.3) is 0 Å². The van der Waals surface area contributed by atoms with Gasteiger partial charge in [0.2, 0.25) is 0 Å². The van der Waals surface area contributed by atoms with Crippen molar-refractivity contribution in [2.75, 3.05) is 25.5 Å². The average Bonchev–Trinajstić information content (AvgIpc) is 2.27. The fourth-order valence-electron chi connectivity index (χ4n) is 2.29. The Bertz CT molecular complexity index is 429. The molecule has 1 saturated heterocycles. The molecule has 1 aromatic rings. The Morgan fingerprint density at radius 1 is 1.59 bits per heavy atom. The Morgan fingerprint density at radius 2 is 2.41 bits per heavy atom. The number of piperidine rings is 1. The summed E-state index contributed by atoms with van der Waals surface area (Å²) in [5.74, 6) is 1.32. The van der Waals surface area contributed by atoms with Crippen molar-refractivity contribution in [3.8, 4) is 0 Å². The van der Waals surface area contributed by atoms with Gasteiger partial charge in [0.1, 0.15) is 11.6 Å². The second-order valence-electron chi connectivity index (χ2n) is 4.73. The molecule has 0 aromatic carbocycles. The van der Waals surface area contributed by atoms with E-state index >= 15 is 0 Å². The third-order valence-electron chi connectivity index (χ3n) is 3.30. The maximum Gasteiger partial charge on any atom is 0.252 e. The van der Waals surface area contributed by atoms with Gasteiger partial charge in [-0.1, -0.05) is 6.42 Å². The summed E-state index contributed by atoms with van der Waals surface area (Å²) in [7, 11) is 2.15. The van der Waals surface area contributed by atoms with Gasteiger partial charge in [0.15, 0.2) is 0 Å². The molecule has 0 amide bonds. The van der Waals surface area contributed by atoms with Crippen molar-refractivity contribution in [2.24, 2.45) is 0 Å². The second-order valence-corrected chi connectivity index (χ2v) is 4.73. The van der Waals surface area contributed by atoms with Gasteiger partial charge in [0, 0.05) is 18.7 Å². The number of aromatic amines is 1. The Labute approximate surface area is 101 Å². The van der Waals surface area contributed by atoms with Crippen LogP contribution in [0.5, 0.6) is 0 Å². The highest BCUT2D eigenvalue weighted by molar-refractivity contribution is 5.33. The van der Waals surface area contributed by atoms with Gasteiger partial charge in [0.25, 0.3) is 5.56 Å². The Kier molecular flexibility index (Phi) is 3.78. The van der Waals surface area contributed by atoms with Gasteiger partial charge >= 0.3 is 0 Å². The maximum absolute atomic E-state index is 11.3. The van der Waals surface area contributed by atoms with Crippen molar-refractivity contribution in [3.63, 3.8) is 0 Å². The molecule has 1 unspecified atom stereocenters. The molecule has 1 aromatic heterocycles. The van der Waals surface area contributed by atoms with Crippen LogP contribution in [0.4, 0.5) is 5.82 Å². The molecule has 94 valence electrons. The van der Waals surface area contributed by atoms with E-state index in [2.05, 4.69) is 27.2 Å². The lowest BCUT2D eigenvalue weighted by Gasteiger charge is -2.32. The minimum absolute atomic E-state index is 0.100. The molecular formula is C12H20N4O. The summed E-state index contributed by atoms with van der Waals surface area (Å²) in [6.07, 6.45) is 3.79. The molecule has 1 aliphatic heterocycles. The highest BCUT2D eigenvalue weighted by atomic mass is 16.1. The Balaban J connectivity index is 1.94. The van der Waals surface area contributed by atoms with Crippen molar-refractivity contribution < 1.29 is 0 Å². The standard InChI is InChI=1S/C12H20N4O/c1-9-14-11(7-12(17)15-9)13-8-10-5-3-4-6-16(10)2/h7,10H,3-6,8H2,1-2H3,(H2,13,14,15,17). The summed E-state index contributed by atoms with van der Waals surface area (Å²) in [4.78, 5) is 20.6. The lowest BCUT2D eigenvalue weighted by Crippen LogP contribution is -2.41. The number of rotatable bonds is 3. The molecular weight excluding hydrogens is 216 g/mol. The first kappa shape index (κ1) is 12.1. The van der Waals surface area contributed by atoms with Gasteiger partial charge < -0.3 is 15.2 Å². The third kappa shape index (κ3) is 3.30. The number of likely N-dealkylation sites (tertiary alicyclic amines) is 1. The summed E-state index contributed by atoms with van der Waals surface area (Å²) < 4.78 is 0. The van der Waals surface area contributed by atoms with Crippen molar-refractivity contribution in [2.45, 2.75) is 32.2 Å². The summed E-state index contributed by atoms with van der Waals surface area (Å²) >= 11 is 0. The molecule has 5 heteroatoms. The number of hydrogen-bond acceptors (Lipinski definition) is 4. The number of likely N-dealkylation sites (N-methyl/N-ethyl adjacent to an activating group) is 1. The molecule has 2 heterocycles. The van der Waals surface area contributed by atoms with Crippen LogP contribution in [0.2, 0.25) is 0 Å². The number of aromatic nitrogens is 2. The fourth-order valence-corrected chi connectivity index (χ4v) is 2.29. The molecule has 1 fully saturated rings. The molecule has 17 heavy (non-hydrogen) atoms. The van der Waals surface area contributed by atoms with E-state index < -0.39 is 0 Å². The van der Waals surface area contributed by atoms with Crippen LogP contribution in [0.1, 0.15) is 25.1 Å². The zero-order valence-corrected chi connectivity index (χ0v) is 10.5. The highest BCUT2D eigenvalue weighted by Crippen LogP contribution is 2.15. The van der Waals surface area contributed by atoms with E-state index in [0.29, 0.717) is 17.7 Å². The molecule has 0 saturated carbocycles. The Morgan fingerprint density at radius 3 is 3.12 bits per heavy atom. The first-order chi connectivity index (χ1) is 8.15. The number of nitrogens with one attached hydrogen (secondary N) is 2. The minimum Gasteiger partial charge on any atom is -0.368 e. The quantitative estimate of drug-likeness (QED) is 0.821. The molecule has 1 atom stereocenters. The summed E-state index contributed by atoms with van der Waals surface area (Å²) in [5, 5.41) is 3.25. The normalized spacial score (nSPS) is 21.4. The second kappa shape index (κ2) is 5.31. The van der Waals surface area contributed by atoms with Gasteiger partial charge in [-0.05, 0) is 33.4 Å². The van der Waals surface area contributed by atoms with Gasteiger partial charge in [-0.3, -0.25) is 4.79 Å². The number of anilines is 1. The van der Waals surface area contributed by atoms with Crippen LogP contribution in [0.3, 0.4) is 0 Å². The van der Waals surface area contributed by atoms with E-state index in [4.69, 9.17) is 0 Å². The van der Waals surface area contributed by atoms with E-state index in [-0.39, 0.29) is 5.56 Å². The molecule has 5 nitrogen and oxygen atoms in total. The SMILES string of the molecule is Cc1nc(NCC2CCCCN2C)cc(=O)[nH]1. The van der Waals surface area contributed by atoms with Crippen molar-refractivity contribution in [1.29, 1.82) is 0 Å². The number of nitrogens with zero attached hydrogens (tertiary/aromatic N) is 2. The molecule has 0 aliphatic carbocycles. The van der Waals surface area contributed by atoms with Gasteiger partial charge in [-0.2, -0.15) is 0 Å². The lowest BCUT2D eigenvalue weighted by atomic mass is 10.0. The zero-order valence-electron chi connectivity index (χ0n) is 10.5. The van der Waals surface area contributed by atoms with Crippen LogP contribution >= 0.6 is 0 Å². The maximum atomic E-state index is 11.3. The lowest BCUT2D eigenvalue weighted by molar-refractivity contribution is 0.194. The third-order valence-corrected chi connectivity index (χ3v) is 3.30. The van der Waals surface area contributed by atoms with E-state index in [0.717, 1.165) is 13.1 Å². The van der Waals surface area contributed by atoms with E-state index in [1.807, 2.05) is 0 Å². The zero-order chi connectivity index (χ0) is 12.3.